The van der Waals surface area contributed by atoms with Gasteiger partial charge >= 0.3 is 0 Å². The Balaban J connectivity index is 2.02. The SMILES string of the molecule is O=C(CCl)NC1(Cc2ccccc2)CCC1. The zero-order valence-corrected chi connectivity index (χ0v) is 9.96. The highest BCUT2D eigenvalue weighted by molar-refractivity contribution is 6.27. The summed E-state index contributed by atoms with van der Waals surface area (Å²) in [4.78, 5) is 11.4. The Kier molecular flexibility index (Phi) is 3.49. The molecule has 0 saturated heterocycles. The molecule has 3 heteroatoms. The first-order valence-electron chi connectivity index (χ1n) is 5.65. The van der Waals surface area contributed by atoms with Crippen LogP contribution in [-0.4, -0.2) is 17.3 Å². The molecule has 1 saturated carbocycles. The highest BCUT2D eigenvalue weighted by Crippen LogP contribution is 2.34. The van der Waals surface area contributed by atoms with Gasteiger partial charge in [0.05, 0.1) is 0 Å². The first kappa shape index (κ1) is 11.5. The zero-order valence-electron chi connectivity index (χ0n) is 9.21. The Labute approximate surface area is 101 Å². The van der Waals surface area contributed by atoms with Crippen molar-refractivity contribution in [2.24, 2.45) is 0 Å². The molecule has 0 aliphatic heterocycles. The Bertz CT molecular complexity index is 359. The molecule has 0 aromatic heterocycles. The van der Waals surface area contributed by atoms with Gasteiger partial charge in [-0.05, 0) is 31.2 Å². The first-order valence-corrected chi connectivity index (χ1v) is 6.18. The van der Waals surface area contributed by atoms with E-state index >= 15 is 0 Å². The van der Waals surface area contributed by atoms with Crippen molar-refractivity contribution < 1.29 is 4.79 Å². The predicted octanol–water partition coefficient (Wildman–Crippen LogP) is 2.51. The standard InChI is InChI=1S/C13H16ClNO/c14-10-12(16)15-13(7-4-8-13)9-11-5-2-1-3-6-11/h1-3,5-6H,4,7-10H2,(H,15,16). The average molecular weight is 238 g/mol. The summed E-state index contributed by atoms with van der Waals surface area (Å²) in [6.07, 6.45) is 4.22. The largest absolute Gasteiger partial charge is 0.349 e. The van der Waals surface area contributed by atoms with Crippen molar-refractivity contribution in [3.8, 4) is 0 Å². The normalized spacial score (nSPS) is 17.6. The Morgan fingerprint density at radius 2 is 2.00 bits per heavy atom. The minimum atomic E-state index is -0.0581. The van der Waals surface area contributed by atoms with Crippen LogP contribution in [-0.2, 0) is 11.2 Å². The maximum atomic E-state index is 11.4. The molecule has 1 aromatic rings. The van der Waals surface area contributed by atoms with Crippen molar-refractivity contribution in [1.82, 2.24) is 5.32 Å². The van der Waals surface area contributed by atoms with Gasteiger partial charge in [-0.15, -0.1) is 11.6 Å². The minimum Gasteiger partial charge on any atom is -0.349 e. The van der Waals surface area contributed by atoms with Crippen LogP contribution < -0.4 is 5.32 Å². The number of benzene rings is 1. The third-order valence-corrected chi connectivity index (χ3v) is 3.46. The van der Waals surface area contributed by atoms with E-state index in [2.05, 4.69) is 17.4 Å². The molecular formula is C13H16ClNO. The summed E-state index contributed by atoms with van der Waals surface area (Å²) in [5, 5.41) is 3.06. The van der Waals surface area contributed by atoms with Crippen molar-refractivity contribution in [2.75, 3.05) is 5.88 Å². The molecule has 1 aromatic carbocycles. The van der Waals surface area contributed by atoms with E-state index in [0.717, 1.165) is 19.3 Å². The smallest absolute Gasteiger partial charge is 0.235 e. The topological polar surface area (TPSA) is 29.1 Å². The number of alkyl halides is 1. The van der Waals surface area contributed by atoms with Gasteiger partial charge in [0.2, 0.25) is 5.91 Å². The van der Waals surface area contributed by atoms with Gasteiger partial charge in [-0.2, -0.15) is 0 Å². The van der Waals surface area contributed by atoms with E-state index in [0.29, 0.717) is 0 Å². The Morgan fingerprint density at radius 3 is 2.50 bits per heavy atom. The van der Waals surface area contributed by atoms with Crippen molar-refractivity contribution in [3.63, 3.8) is 0 Å². The lowest BCUT2D eigenvalue weighted by Gasteiger charge is -2.42. The van der Waals surface area contributed by atoms with Gasteiger partial charge in [0.15, 0.2) is 0 Å². The van der Waals surface area contributed by atoms with E-state index in [9.17, 15) is 4.79 Å². The molecule has 2 nitrogen and oxygen atoms in total. The van der Waals surface area contributed by atoms with E-state index in [1.54, 1.807) is 0 Å². The number of halogens is 1. The van der Waals surface area contributed by atoms with E-state index in [4.69, 9.17) is 11.6 Å². The van der Waals surface area contributed by atoms with E-state index in [1.165, 1.54) is 12.0 Å². The fraction of sp³-hybridized carbons (Fsp3) is 0.462. The van der Waals surface area contributed by atoms with E-state index < -0.39 is 0 Å². The molecule has 1 fully saturated rings. The van der Waals surface area contributed by atoms with Gasteiger partial charge in [-0.3, -0.25) is 4.79 Å². The van der Waals surface area contributed by atoms with Crippen LogP contribution in [0.25, 0.3) is 0 Å². The monoisotopic (exact) mass is 237 g/mol. The Hall–Kier alpha value is -1.02. The second-order valence-electron chi connectivity index (χ2n) is 4.48. The van der Waals surface area contributed by atoms with Crippen LogP contribution >= 0.6 is 11.6 Å². The van der Waals surface area contributed by atoms with Gasteiger partial charge in [-0.1, -0.05) is 30.3 Å². The van der Waals surface area contributed by atoms with Crippen LogP contribution in [0.4, 0.5) is 0 Å². The van der Waals surface area contributed by atoms with Crippen molar-refractivity contribution in [1.29, 1.82) is 0 Å². The number of hydrogen-bond donors (Lipinski definition) is 1. The van der Waals surface area contributed by atoms with E-state index in [1.807, 2.05) is 18.2 Å². The number of rotatable bonds is 4. The average Bonchev–Trinajstić information content (AvgIpc) is 2.27. The van der Waals surface area contributed by atoms with Gasteiger partial charge in [0, 0.05) is 5.54 Å². The summed E-state index contributed by atoms with van der Waals surface area (Å²) < 4.78 is 0. The molecule has 1 aliphatic carbocycles. The highest BCUT2D eigenvalue weighted by Gasteiger charge is 2.37. The maximum absolute atomic E-state index is 11.4. The summed E-state index contributed by atoms with van der Waals surface area (Å²) in [6, 6.07) is 10.3. The number of nitrogens with one attached hydrogen (secondary N) is 1. The van der Waals surface area contributed by atoms with Crippen LogP contribution in [0.1, 0.15) is 24.8 Å². The fourth-order valence-electron chi connectivity index (χ4n) is 2.27. The van der Waals surface area contributed by atoms with Crippen LogP contribution in [0.15, 0.2) is 30.3 Å². The first-order chi connectivity index (χ1) is 7.74. The lowest BCUT2D eigenvalue weighted by molar-refractivity contribution is -0.121. The lowest BCUT2D eigenvalue weighted by atomic mass is 9.72. The maximum Gasteiger partial charge on any atom is 0.235 e. The fourth-order valence-corrected chi connectivity index (χ4v) is 2.33. The van der Waals surface area contributed by atoms with Crippen LogP contribution in [0.3, 0.4) is 0 Å². The molecule has 0 bridgehead atoms. The van der Waals surface area contributed by atoms with Crippen LogP contribution in [0, 0.1) is 0 Å². The summed E-state index contributed by atoms with van der Waals surface area (Å²) in [5.41, 5.74) is 1.24. The van der Waals surface area contributed by atoms with Crippen molar-refractivity contribution >= 4 is 17.5 Å². The number of carbonyl (C=O) groups is 1. The second kappa shape index (κ2) is 4.88. The lowest BCUT2D eigenvalue weighted by Crippen LogP contribution is -2.55. The van der Waals surface area contributed by atoms with Crippen molar-refractivity contribution in [2.45, 2.75) is 31.2 Å². The molecular weight excluding hydrogens is 222 g/mol. The zero-order chi connectivity index (χ0) is 11.4. The summed E-state index contributed by atoms with van der Waals surface area (Å²) in [5.74, 6) is -0.00593. The van der Waals surface area contributed by atoms with Crippen LogP contribution in [0.5, 0.6) is 0 Å². The third kappa shape index (κ3) is 2.56. The molecule has 0 atom stereocenters. The molecule has 0 radical (unpaired) electrons. The Morgan fingerprint density at radius 1 is 1.31 bits per heavy atom. The van der Waals surface area contributed by atoms with Crippen molar-refractivity contribution in [3.05, 3.63) is 35.9 Å². The highest BCUT2D eigenvalue weighted by atomic mass is 35.5. The number of amides is 1. The molecule has 0 spiro atoms. The molecule has 1 aliphatic rings. The number of carbonyl (C=O) groups excluding carboxylic acids is 1. The van der Waals surface area contributed by atoms with Crippen LogP contribution in [0.2, 0.25) is 0 Å². The number of hydrogen-bond acceptors (Lipinski definition) is 1. The predicted molar refractivity (Wildman–Crippen MR) is 65.6 cm³/mol. The summed E-state index contributed by atoms with van der Waals surface area (Å²) in [6.45, 7) is 0. The molecule has 2 rings (SSSR count). The molecule has 1 amide bonds. The van der Waals surface area contributed by atoms with Gasteiger partial charge in [0.1, 0.15) is 5.88 Å². The molecule has 0 heterocycles. The molecule has 16 heavy (non-hydrogen) atoms. The van der Waals surface area contributed by atoms with Gasteiger partial charge in [-0.25, -0.2) is 0 Å². The summed E-state index contributed by atoms with van der Waals surface area (Å²) >= 11 is 5.53. The molecule has 1 N–H and O–H groups in total. The quantitative estimate of drug-likeness (QED) is 0.801. The van der Waals surface area contributed by atoms with E-state index in [-0.39, 0.29) is 17.3 Å². The summed E-state index contributed by atoms with van der Waals surface area (Å²) in [7, 11) is 0. The van der Waals surface area contributed by atoms with Gasteiger partial charge < -0.3 is 5.32 Å². The third-order valence-electron chi connectivity index (χ3n) is 3.22. The minimum absolute atomic E-state index is 0.0344. The molecule has 0 unspecified atom stereocenters. The molecule has 86 valence electrons. The second-order valence-corrected chi connectivity index (χ2v) is 4.75. The van der Waals surface area contributed by atoms with Gasteiger partial charge in [0.25, 0.3) is 0 Å².